The molecule has 0 fully saturated rings. The van der Waals surface area contributed by atoms with Crippen molar-refractivity contribution in [2.24, 2.45) is 0 Å². The van der Waals surface area contributed by atoms with Crippen LogP contribution in [0.1, 0.15) is 32.3 Å². The first kappa shape index (κ1) is 18.2. The van der Waals surface area contributed by atoms with Crippen molar-refractivity contribution in [1.29, 1.82) is 0 Å². The molecule has 0 aliphatic carbocycles. The first-order valence-corrected chi connectivity index (χ1v) is 8.01. The normalized spacial score (nSPS) is 11.1. The number of methoxy groups -OCH3 is 1. The van der Waals surface area contributed by atoms with Crippen molar-refractivity contribution >= 4 is 12.0 Å². The summed E-state index contributed by atoms with van der Waals surface area (Å²) in [4.78, 5) is 14.1. The Kier molecular flexibility index (Phi) is 9.00. The molecule has 0 saturated carbocycles. The number of amides is 1. The number of ether oxygens (including phenoxy) is 1. The van der Waals surface area contributed by atoms with Crippen molar-refractivity contribution in [3.63, 3.8) is 0 Å². The number of rotatable bonds is 10. The molecule has 1 aromatic rings. The summed E-state index contributed by atoms with van der Waals surface area (Å²) in [6.45, 7) is 8.36. The van der Waals surface area contributed by atoms with Gasteiger partial charge in [-0.1, -0.05) is 26.0 Å². The van der Waals surface area contributed by atoms with Crippen molar-refractivity contribution in [2.75, 3.05) is 33.3 Å². The van der Waals surface area contributed by atoms with E-state index in [-0.39, 0.29) is 5.91 Å². The van der Waals surface area contributed by atoms with Gasteiger partial charge < -0.3 is 15.0 Å². The fourth-order valence-electron chi connectivity index (χ4n) is 2.16. The Bertz CT molecular complexity index is 451. The molecule has 0 aliphatic rings. The van der Waals surface area contributed by atoms with Gasteiger partial charge in [-0.2, -0.15) is 0 Å². The topological polar surface area (TPSA) is 41.6 Å². The Morgan fingerprint density at radius 1 is 1.18 bits per heavy atom. The summed E-state index contributed by atoms with van der Waals surface area (Å²) in [5.41, 5.74) is 0.984. The molecule has 4 heteroatoms. The molecule has 0 aliphatic heterocycles. The van der Waals surface area contributed by atoms with Crippen LogP contribution in [0, 0.1) is 0 Å². The minimum Gasteiger partial charge on any atom is -0.497 e. The first-order valence-electron chi connectivity index (χ1n) is 8.01. The Morgan fingerprint density at radius 2 is 1.86 bits per heavy atom. The Balaban J connectivity index is 2.21. The van der Waals surface area contributed by atoms with Gasteiger partial charge in [0.15, 0.2) is 0 Å². The van der Waals surface area contributed by atoms with Gasteiger partial charge in [0.1, 0.15) is 5.75 Å². The SMILES string of the molecule is CCN(CC)CCCCNC(=O)/C=C/c1ccc(OC)cc1. The number of benzene rings is 1. The third-order valence-corrected chi connectivity index (χ3v) is 3.64. The third kappa shape index (κ3) is 7.27. The highest BCUT2D eigenvalue weighted by Gasteiger charge is 1.99. The van der Waals surface area contributed by atoms with Crippen LogP contribution >= 0.6 is 0 Å². The molecule has 0 spiro atoms. The molecule has 0 heterocycles. The van der Waals surface area contributed by atoms with Gasteiger partial charge in [0.2, 0.25) is 5.91 Å². The van der Waals surface area contributed by atoms with Gasteiger partial charge in [-0.15, -0.1) is 0 Å². The molecule has 0 atom stereocenters. The molecule has 1 aromatic carbocycles. The minimum absolute atomic E-state index is 0.0429. The zero-order valence-corrected chi connectivity index (χ0v) is 14.0. The van der Waals surface area contributed by atoms with Gasteiger partial charge in [-0.05, 0) is 56.2 Å². The number of carbonyl (C=O) groups is 1. The number of unbranched alkanes of at least 4 members (excludes halogenated alkanes) is 1. The average Bonchev–Trinajstić information content (AvgIpc) is 2.56. The Morgan fingerprint density at radius 3 is 2.45 bits per heavy atom. The van der Waals surface area contributed by atoms with Crippen molar-refractivity contribution in [1.82, 2.24) is 10.2 Å². The molecule has 122 valence electrons. The van der Waals surface area contributed by atoms with Crippen LogP contribution < -0.4 is 10.1 Å². The van der Waals surface area contributed by atoms with E-state index in [0.29, 0.717) is 0 Å². The summed E-state index contributed by atoms with van der Waals surface area (Å²) in [6.07, 6.45) is 5.51. The molecule has 22 heavy (non-hydrogen) atoms. The van der Waals surface area contributed by atoms with E-state index in [1.54, 1.807) is 13.2 Å². The zero-order chi connectivity index (χ0) is 16.2. The van der Waals surface area contributed by atoms with Crippen LogP contribution in [0.4, 0.5) is 0 Å². The monoisotopic (exact) mass is 304 g/mol. The van der Waals surface area contributed by atoms with Crippen LogP contribution in [0.5, 0.6) is 5.75 Å². The van der Waals surface area contributed by atoms with E-state index in [1.165, 1.54) is 0 Å². The van der Waals surface area contributed by atoms with Crippen molar-refractivity contribution < 1.29 is 9.53 Å². The molecular formula is C18H28N2O2. The van der Waals surface area contributed by atoms with Gasteiger partial charge in [0.25, 0.3) is 0 Å². The summed E-state index contributed by atoms with van der Waals surface area (Å²) in [6, 6.07) is 7.61. The van der Waals surface area contributed by atoms with Crippen molar-refractivity contribution in [3.8, 4) is 5.75 Å². The van der Waals surface area contributed by atoms with Crippen LogP contribution in [0.15, 0.2) is 30.3 Å². The number of carbonyl (C=O) groups excluding carboxylic acids is 1. The van der Waals surface area contributed by atoms with E-state index in [1.807, 2.05) is 30.3 Å². The van der Waals surface area contributed by atoms with Crippen LogP contribution in [-0.4, -0.2) is 44.1 Å². The molecule has 4 nitrogen and oxygen atoms in total. The van der Waals surface area contributed by atoms with E-state index in [9.17, 15) is 4.79 Å². The lowest BCUT2D eigenvalue weighted by Gasteiger charge is -2.17. The first-order chi connectivity index (χ1) is 10.7. The zero-order valence-electron chi connectivity index (χ0n) is 14.0. The van der Waals surface area contributed by atoms with Gasteiger partial charge in [-0.3, -0.25) is 4.79 Å². The summed E-state index contributed by atoms with van der Waals surface area (Å²) in [5.74, 6) is 0.772. The molecule has 1 amide bonds. The lowest BCUT2D eigenvalue weighted by Crippen LogP contribution is -2.26. The summed E-state index contributed by atoms with van der Waals surface area (Å²) >= 11 is 0. The fraction of sp³-hybridized carbons (Fsp3) is 0.500. The largest absolute Gasteiger partial charge is 0.497 e. The minimum atomic E-state index is -0.0429. The van der Waals surface area contributed by atoms with Crippen molar-refractivity contribution in [2.45, 2.75) is 26.7 Å². The van der Waals surface area contributed by atoms with Gasteiger partial charge >= 0.3 is 0 Å². The Hall–Kier alpha value is -1.81. The standard InChI is InChI=1S/C18H28N2O2/c1-4-20(5-2)15-7-6-14-19-18(21)13-10-16-8-11-17(22-3)12-9-16/h8-13H,4-7,14-15H2,1-3H3,(H,19,21)/b13-10+. The maximum absolute atomic E-state index is 11.7. The molecule has 1 N–H and O–H groups in total. The highest BCUT2D eigenvalue weighted by Crippen LogP contribution is 2.12. The third-order valence-electron chi connectivity index (χ3n) is 3.64. The highest BCUT2D eigenvalue weighted by atomic mass is 16.5. The van der Waals surface area contributed by atoms with Crippen LogP contribution in [0.3, 0.4) is 0 Å². The maximum Gasteiger partial charge on any atom is 0.243 e. The second-order valence-electron chi connectivity index (χ2n) is 5.13. The van der Waals surface area contributed by atoms with Crippen LogP contribution in [0.2, 0.25) is 0 Å². The highest BCUT2D eigenvalue weighted by molar-refractivity contribution is 5.91. The average molecular weight is 304 g/mol. The van der Waals surface area contributed by atoms with E-state index in [0.717, 1.165) is 50.3 Å². The predicted octanol–water partition coefficient (Wildman–Crippen LogP) is 2.95. The van der Waals surface area contributed by atoms with Crippen molar-refractivity contribution in [3.05, 3.63) is 35.9 Å². The van der Waals surface area contributed by atoms with Gasteiger partial charge in [-0.25, -0.2) is 0 Å². The second kappa shape index (κ2) is 10.9. The number of nitrogens with zero attached hydrogens (tertiary/aromatic N) is 1. The Labute approximate surface area is 134 Å². The molecule has 0 radical (unpaired) electrons. The second-order valence-corrected chi connectivity index (χ2v) is 5.13. The molecule has 1 rings (SSSR count). The van der Waals surface area contributed by atoms with E-state index in [2.05, 4.69) is 24.1 Å². The van der Waals surface area contributed by atoms with Gasteiger partial charge in [0.05, 0.1) is 7.11 Å². The molecule has 0 aromatic heterocycles. The predicted molar refractivity (Wildman–Crippen MR) is 92.1 cm³/mol. The van der Waals surface area contributed by atoms with E-state index in [4.69, 9.17) is 4.74 Å². The smallest absolute Gasteiger partial charge is 0.243 e. The molecule has 0 unspecified atom stereocenters. The maximum atomic E-state index is 11.7. The number of hydrogen-bond donors (Lipinski definition) is 1. The molecule has 0 bridgehead atoms. The number of nitrogens with one attached hydrogen (secondary N) is 1. The molecule has 0 saturated heterocycles. The summed E-state index contributed by atoms with van der Waals surface area (Å²) in [7, 11) is 1.64. The fourth-order valence-corrected chi connectivity index (χ4v) is 2.16. The van der Waals surface area contributed by atoms with Crippen LogP contribution in [-0.2, 0) is 4.79 Å². The van der Waals surface area contributed by atoms with E-state index < -0.39 is 0 Å². The van der Waals surface area contributed by atoms with E-state index >= 15 is 0 Å². The summed E-state index contributed by atoms with van der Waals surface area (Å²) < 4.78 is 5.10. The summed E-state index contributed by atoms with van der Waals surface area (Å²) in [5, 5.41) is 2.92. The lowest BCUT2D eigenvalue weighted by atomic mass is 10.2. The number of hydrogen-bond acceptors (Lipinski definition) is 3. The molecular weight excluding hydrogens is 276 g/mol. The quantitative estimate of drug-likeness (QED) is 0.534. The lowest BCUT2D eigenvalue weighted by molar-refractivity contribution is -0.116. The van der Waals surface area contributed by atoms with Crippen LogP contribution in [0.25, 0.3) is 6.08 Å². The van der Waals surface area contributed by atoms with Gasteiger partial charge in [0, 0.05) is 12.6 Å².